The number of hydrogen-bond acceptors (Lipinski definition) is 6. The minimum atomic E-state index is -3.65. The Morgan fingerprint density at radius 3 is 2.72 bits per heavy atom. The monoisotopic (exact) mass is 384 g/mol. The largest absolute Gasteiger partial charge is 0.468 e. The van der Waals surface area contributed by atoms with E-state index >= 15 is 0 Å². The van der Waals surface area contributed by atoms with Gasteiger partial charge in [-0.05, 0) is 26.0 Å². The minimum Gasteiger partial charge on any atom is -0.468 e. The van der Waals surface area contributed by atoms with Gasteiger partial charge in [0.05, 0.1) is 18.6 Å². The van der Waals surface area contributed by atoms with E-state index in [-0.39, 0.29) is 23.7 Å². The lowest BCUT2D eigenvalue weighted by Gasteiger charge is -2.33. The van der Waals surface area contributed by atoms with Gasteiger partial charge in [-0.1, -0.05) is 0 Å². The predicted molar refractivity (Wildman–Crippen MR) is 98.1 cm³/mol. The van der Waals surface area contributed by atoms with Crippen LogP contribution in [-0.4, -0.2) is 54.0 Å². The van der Waals surface area contributed by atoms with Gasteiger partial charge in [0.15, 0.2) is 5.03 Å². The van der Waals surface area contributed by atoms with Crippen LogP contribution in [0, 0.1) is 0 Å². The van der Waals surface area contributed by atoms with Crippen LogP contribution in [-0.2, 0) is 10.0 Å². The number of nitrogens with one attached hydrogen (secondary N) is 1. The lowest BCUT2D eigenvalue weighted by Crippen LogP contribution is -2.42. The van der Waals surface area contributed by atoms with Crippen LogP contribution in [0.4, 0.5) is 0 Å². The van der Waals surface area contributed by atoms with Gasteiger partial charge in [-0.2, -0.15) is 11.8 Å². The fourth-order valence-corrected chi connectivity index (χ4v) is 4.68. The molecule has 1 aliphatic rings. The Morgan fingerprint density at radius 1 is 1.36 bits per heavy atom. The van der Waals surface area contributed by atoms with Crippen molar-refractivity contribution in [2.45, 2.75) is 31.0 Å². The highest BCUT2D eigenvalue weighted by Crippen LogP contribution is 2.24. The van der Waals surface area contributed by atoms with Gasteiger partial charge in [0.2, 0.25) is 0 Å². The van der Waals surface area contributed by atoms with Crippen molar-refractivity contribution in [3.05, 3.63) is 36.7 Å². The molecular formula is C16H24N4O3S2. The molecule has 0 amide bonds. The Kier molecular flexibility index (Phi) is 5.88. The fourth-order valence-electron chi connectivity index (χ4n) is 2.78. The van der Waals surface area contributed by atoms with Crippen LogP contribution in [0.1, 0.15) is 31.7 Å². The van der Waals surface area contributed by atoms with Crippen LogP contribution in [0.3, 0.4) is 0 Å². The maximum absolute atomic E-state index is 12.6. The van der Waals surface area contributed by atoms with E-state index < -0.39 is 10.0 Å². The predicted octanol–water partition coefficient (Wildman–Crippen LogP) is 2.13. The number of imidazole rings is 1. The number of hydrogen-bond donors (Lipinski definition) is 1. The van der Waals surface area contributed by atoms with Crippen molar-refractivity contribution < 1.29 is 12.8 Å². The van der Waals surface area contributed by atoms with Crippen molar-refractivity contribution in [3.63, 3.8) is 0 Å². The van der Waals surface area contributed by atoms with Crippen molar-refractivity contribution >= 4 is 21.8 Å². The molecule has 2 aromatic rings. The number of aromatic nitrogens is 2. The van der Waals surface area contributed by atoms with E-state index in [1.807, 2.05) is 37.7 Å². The molecule has 7 nitrogen and oxygen atoms in total. The van der Waals surface area contributed by atoms with Crippen LogP contribution in [0.15, 0.2) is 40.4 Å². The van der Waals surface area contributed by atoms with Crippen LogP contribution in [0.5, 0.6) is 0 Å². The van der Waals surface area contributed by atoms with Crippen molar-refractivity contribution in [1.29, 1.82) is 0 Å². The molecule has 1 fully saturated rings. The van der Waals surface area contributed by atoms with Crippen molar-refractivity contribution in [2.75, 3.05) is 31.1 Å². The molecule has 138 valence electrons. The highest BCUT2D eigenvalue weighted by molar-refractivity contribution is 7.99. The third-order valence-electron chi connectivity index (χ3n) is 4.27. The van der Waals surface area contributed by atoms with Crippen LogP contribution in [0.25, 0.3) is 0 Å². The third-order valence-corrected chi connectivity index (χ3v) is 6.52. The molecule has 1 saturated heterocycles. The zero-order chi connectivity index (χ0) is 17.9. The van der Waals surface area contributed by atoms with E-state index in [0.717, 1.165) is 30.4 Å². The van der Waals surface area contributed by atoms with Gasteiger partial charge in [0.25, 0.3) is 10.0 Å². The summed E-state index contributed by atoms with van der Waals surface area (Å²) in [5.41, 5.74) is 0. The van der Waals surface area contributed by atoms with Gasteiger partial charge in [0.1, 0.15) is 5.76 Å². The molecule has 2 aromatic heterocycles. The van der Waals surface area contributed by atoms with Crippen LogP contribution >= 0.6 is 11.8 Å². The first-order valence-electron chi connectivity index (χ1n) is 8.36. The van der Waals surface area contributed by atoms with E-state index in [4.69, 9.17) is 4.42 Å². The molecule has 0 spiro atoms. The van der Waals surface area contributed by atoms with Gasteiger partial charge in [-0.15, -0.1) is 0 Å². The van der Waals surface area contributed by atoms with Gasteiger partial charge >= 0.3 is 0 Å². The average Bonchev–Trinajstić information content (AvgIpc) is 3.28. The Morgan fingerprint density at radius 2 is 2.12 bits per heavy atom. The normalized spacial score (nSPS) is 17.9. The molecule has 3 rings (SSSR count). The summed E-state index contributed by atoms with van der Waals surface area (Å²) >= 11 is 1.92. The molecule has 0 saturated carbocycles. The molecule has 0 bridgehead atoms. The highest BCUT2D eigenvalue weighted by Gasteiger charge is 2.27. The smallest absolute Gasteiger partial charge is 0.259 e. The van der Waals surface area contributed by atoms with E-state index in [2.05, 4.69) is 14.6 Å². The minimum absolute atomic E-state index is 0.0496. The first kappa shape index (κ1) is 18.5. The van der Waals surface area contributed by atoms with Gasteiger partial charge in [-0.25, -0.2) is 18.1 Å². The summed E-state index contributed by atoms with van der Waals surface area (Å²) in [6, 6.07) is 3.78. The lowest BCUT2D eigenvalue weighted by atomic mass is 10.2. The van der Waals surface area contributed by atoms with Crippen molar-refractivity contribution in [1.82, 2.24) is 19.2 Å². The lowest BCUT2D eigenvalue weighted by molar-refractivity contribution is 0.193. The Hall–Kier alpha value is -1.29. The van der Waals surface area contributed by atoms with Crippen molar-refractivity contribution in [3.8, 4) is 0 Å². The maximum Gasteiger partial charge on any atom is 0.259 e. The molecule has 3 heterocycles. The van der Waals surface area contributed by atoms with Gasteiger partial charge in [-0.3, -0.25) is 4.90 Å². The van der Waals surface area contributed by atoms with Crippen molar-refractivity contribution in [2.24, 2.45) is 0 Å². The fraction of sp³-hybridized carbons (Fsp3) is 0.562. The van der Waals surface area contributed by atoms with Crippen LogP contribution < -0.4 is 4.72 Å². The van der Waals surface area contributed by atoms with E-state index in [1.165, 1.54) is 0 Å². The standard InChI is InChI=1S/C16H24N4O3S2/c1-13(2)20-11-16(17-12-20)25(21,22)18-10-14(15-4-3-7-23-15)19-5-8-24-9-6-19/h3-4,7,11-14,18H,5-6,8-10H2,1-2H3/t14-/m0/s1. The molecule has 0 radical (unpaired) electrons. The maximum atomic E-state index is 12.6. The summed E-state index contributed by atoms with van der Waals surface area (Å²) in [4.78, 5) is 6.30. The molecule has 0 aromatic carbocycles. The summed E-state index contributed by atoms with van der Waals surface area (Å²) in [6.45, 7) is 6.05. The SMILES string of the molecule is CC(C)n1cnc(S(=O)(=O)NC[C@@H](c2ccco2)N2CCSCC2)c1. The van der Waals surface area contributed by atoms with Crippen LogP contribution in [0.2, 0.25) is 0 Å². The zero-order valence-corrected chi connectivity index (χ0v) is 16.1. The molecular weight excluding hydrogens is 360 g/mol. The average molecular weight is 385 g/mol. The Bertz CT molecular complexity index is 765. The number of rotatable bonds is 7. The quantitative estimate of drug-likeness (QED) is 0.788. The second-order valence-corrected chi connectivity index (χ2v) is 9.22. The Balaban J connectivity index is 1.73. The molecule has 0 aliphatic carbocycles. The molecule has 1 N–H and O–H groups in total. The molecule has 25 heavy (non-hydrogen) atoms. The third kappa shape index (κ3) is 4.46. The number of thioether (sulfide) groups is 1. The van der Waals surface area contributed by atoms with E-state index in [0.29, 0.717) is 0 Å². The summed E-state index contributed by atoms with van der Waals surface area (Å²) in [7, 11) is -3.65. The number of sulfonamides is 1. The molecule has 9 heteroatoms. The summed E-state index contributed by atoms with van der Waals surface area (Å²) in [6.07, 6.45) is 4.73. The van der Waals surface area contributed by atoms with Gasteiger partial charge < -0.3 is 8.98 Å². The zero-order valence-electron chi connectivity index (χ0n) is 14.5. The number of furan rings is 1. The number of nitrogens with zero attached hydrogens (tertiary/aromatic N) is 3. The highest BCUT2D eigenvalue weighted by atomic mass is 32.2. The molecule has 1 atom stereocenters. The second-order valence-electron chi connectivity index (χ2n) is 6.28. The van der Waals surface area contributed by atoms with E-state index in [1.54, 1.807) is 23.4 Å². The summed E-state index contributed by atoms with van der Waals surface area (Å²) in [5, 5.41) is 0.0496. The van der Waals surface area contributed by atoms with Gasteiger partial charge in [0, 0.05) is 43.4 Å². The summed E-state index contributed by atoms with van der Waals surface area (Å²) in [5.74, 6) is 2.87. The summed E-state index contributed by atoms with van der Waals surface area (Å²) < 4.78 is 35.2. The first-order chi connectivity index (χ1) is 12.0. The topological polar surface area (TPSA) is 80.4 Å². The second kappa shape index (κ2) is 7.94. The molecule has 1 aliphatic heterocycles. The van der Waals surface area contributed by atoms with E-state index in [9.17, 15) is 8.42 Å². The molecule has 0 unspecified atom stereocenters. The first-order valence-corrected chi connectivity index (χ1v) is 11.0. The Labute approximate surface area is 152 Å².